The molecule has 0 heterocycles. The molecule has 1 aliphatic carbocycles. The molecule has 0 saturated heterocycles. The molecule has 1 aromatic carbocycles. The summed E-state index contributed by atoms with van der Waals surface area (Å²) in [5, 5.41) is 2.91. The number of nitrogens with one attached hydrogen (secondary N) is 1. The predicted octanol–water partition coefficient (Wildman–Crippen LogP) is 1.84. The van der Waals surface area contributed by atoms with Gasteiger partial charge in [-0.15, -0.1) is 0 Å². The SMILES string of the molecule is CCOC(CNC(=O)C1Cc2ccccc21)OCC. The van der Waals surface area contributed by atoms with Crippen LogP contribution in [0.2, 0.25) is 0 Å². The highest BCUT2D eigenvalue weighted by molar-refractivity contribution is 5.86. The summed E-state index contributed by atoms with van der Waals surface area (Å²) >= 11 is 0. The molecule has 0 radical (unpaired) electrons. The van der Waals surface area contributed by atoms with Crippen molar-refractivity contribution >= 4 is 5.91 Å². The summed E-state index contributed by atoms with van der Waals surface area (Å²) in [5.74, 6) is 0.0446. The summed E-state index contributed by atoms with van der Waals surface area (Å²) in [6, 6.07) is 8.07. The molecule has 1 aliphatic rings. The maximum atomic E-state index is 12.1. The van der Waals surface area contributed by atoms with E-state index in [2.05, 4.69) is 11.4 Å². The lowest BCUT2D eigenvalue weighted by Gasteiger charge is -2.29. The van der Waals surface area contributed by atoms with Crippen molar-refractivity contribution in [3.05, 3.63) is 35.4 Å². The predicted molar refractivity (Wildman–Crippen MR) is 72.9 cm³/mol. The van der Waals surface area contributed by atoms with Gasteiger partial charge in [0.15, 0.2) is 6.29 Å². The fraction of sp³-hybridized carbons (Fsp3) is 0.533. The van der Waals surface area contributed by atoms with Crippen LogP contribution in [-0.2, 0) is 20.7 Å². The quantitative estimate of drug-likeness (QED) is 0.764. The van der Waals surface area contributed by atoms with Crippen molar-refractivity contribution in [2.45, 2.75) is 32.5 Å². The molecule has 1 N–H and O–H groups in total. The zero-order chi connectivity index (χ0) is 13.7. The van der Waals surface area contributed by atoms with E-state index in [4.69, 9.17) is 9.47 Å². The Balaban J connectivity index is 1.82. The maximum absolute atomic E-state index is 12.1. The summed E-state index contributed by atoms with van der Waals surface area (Å²) in [5.41, 5.74) is 2.41. The van der Waals surface area contributed by atoms with Crippen LogP contribution in [0.25, 0.3) is 0 Å². The Morgan fingerprint density at radius 2 is 2.00 bits per heavy atom. The van der Waals surface area contributed by atoms with Gasteiger partial charge in [0.1, 0.15) is 0 Å². The van der Waals surface area contributed by atoms with E-state index in [1.165, 1.54) is 5.56 Å². The van der Waals surface area contributed by atoms with Crippen molar-refractivity contribution in [1.82, 2.24) is 5.32 Å². The number of amides is 1. The van der Waals surface area contributed by atoms with Crippen LogP contribution < -0.4 is 5.32 Å². The molecule has 1 amide bonds. The topological polar surface area (TPSA) is 47.6 Å². The lowest BCUT2D eigenvalue weighted by molar-refractivity contribution is -0.141. The summed E-state index contributed by atoms with van der Waals surface area (Å²) in [7, 11) is 0. The third-order valence-corrected chi connectivity index (χ3v) is 3.32. The van der Waals surface area contributed by atoms with Crippen LogP contribution >= 0.6 is 0 Å². The fourth-order valence-corrected chi connectivity index (χ4v) is 2.34. The van der Waals surface area contributed by atoms with Gasteiger partial charge in [-0.25, -0.2) is 0 Å². The normalized spacial score (nSPS) is 16.9. The van der Waals surface area contributed by atoms with E-state index in [0.717, 1.165) is 12.0 Å². The second kappa shape index (κ2) is 6.68. The summed E-state index contributed by atoms with van der Waals surface area (Å²) < 4.78 is 10.8. The Morgan fingerprint density at radius 1 is 1.32 bits per heavy atom. The van der Waals surface area contributed by atoms with Crippen LogP contribution in [0.3, 0.4) is 0 Å². The molecule has 1 atom stereocenters. The number of rotatable bonds is 7. The van der Waals surface area contributed by atoms with Crippen molar-refractivity contribution in [2.75, 3.05) is 19.8 Å². The first-order valence-electron chi connectivity index (χ1n) is 6.85. The van der Waals surface area contributed by atoms with E-state index >= 15 is 0 Å². The molecule has 4 nitrogen and oxygen atoms in total. The maximum Gasteiger partial charge on any atom is 0.228 e. The lowest BCUT2D eigenvalue weighted by atomic mass is 9.77. The minimum absolute atomic E-state index is 0.0138. The number of carbonyl (C=O) groups is 1. The van der Waals surface area contributed by atoms with E-state index in [1.54, 1.807) is 0 Å². The molecule has 0 aromatic heterocycles. The van der Waals surface area contributed by atoms with Gasteiger partial charge >= 0.3 is 0 Å². The van der Waals surface area contributed by atoms with Gasteiger partial charge in [0.25, 0.3) is 0 Å². The highest BCUT2D eigenvalue weighted by Crippen LogP contribution is 2.34. The number of hydrogen-bond acceptors (Lipinski definition) is 3. The first kappa shape index (κ1) is 14.0. The van der Waals surface area contributed by atoms with Crippen molar-refractivity contribution in [3.8, 4) is 0 Å². The minimum Gasteiger partial charge on any atom is -0.351 e. The summed E-state index contributed by atoms with van der Waals surface area (Å²) in [6.07, 6.45) is 0.477. The lowest BCUT2D eigenvalue weighted by Crippen LogP contribution is -2.40. The monoisotopic (exact) mass is 263 g/mol. The van der Waals surface area contributed by atoms with Crippen molar-refractivity contribution < 1.29 is 14.3 Å². The number of ether oxygens (including phenoxy) is 2. The Labute approximate surface area is 114 Å². The van der Waals surface area contributed by atoms with Gasteiger partial charge in [-0.05, 0) is 31.4 Å². The number of fused-ring (bicyclic) bond motifs is 1. The van der Waals surface area contributed by atoms with Crippen molar-refractivity contribution in [2.24, 2.45) is 0 Å². The molecule has 0 aliphatic heterocycles. The highest BCUT2D eigenvalue weighted by Gasteiger charge is 2.31. The standard InChI is InChI=1S/C15H21NO3/c1-3-18-14(19-4-2)10-16-15(17)13-9-11-7-5-6-8-12(11)13/h5-8,13-14H,3-4,9-10H2,1-2H3,(H,16,17). The highest BCUT2D eigenvalue weighted by atomic mass is 16.7. The van der Waals surface area contributed by atoms with Gasteiger partial charge < -0.3 is 14.8 Å². The van der Waals surface area contributed by atoms with E-state index < -0.39 is 0 Å². The fourth-order valence-electron chi connectivity index (χ4n) is 2.34. The van der Waals surface area contributed by atoms with Crippen LogP contribution in [0.4, 0.5) is 0 Å². The molecule has 1 unspecified atom stereocenters. The number of benzene rings is 1. The molecule has 1 aromatic rings. The zero-order valence-corrected chi connectivity index (χ0v) is 11.5. The third kappa shape index (κ3) is 3.33. The zero-order valence-electron chi connectivity index (χ0n) is 11.5. The summed E-state index contributed by atoms with van der Waals surface area (Å²) in [6.45, 7) is 5.38. The molecule has 0 bridgehead atoms. The third-order valence-electron chi connectivity index (χ3n) is 3.32. The molecule has 104 valence electrons. The number of hydrogen-bond donors (Lipinski definition) is 1. The van der Waals surface area contributed by atoms with Crippen LogP contribution in [-0.4, -0.2) is 32.0 Å². The Bertz CT molecular complexity index is 427. The van der Waals surface area contributed by atoms with Gasteiger partial charge in [-0.1, -0.05) is 24.3 Å². The second-order valence-corrected chi connectivity index (χ2v) is 4.54. The largest absolute Gasteiger partial charge is 0.351 e. The Kier molecular flexibility index (Phi) is 4.93. The Hall–Kier alpha value is -1.39. The van der Waals surface area contributed by atoms with Gasteiger partial charge in [0.2, 0.25) is 5.91 Å². The first-order valence-corrected chi connectivity index (χ1v) is 6.85. The average molecular weight is 263 g/mol. The van der Waals surface area contributed by atoms with Gasteiger partial charge in [0.05, 0.1) is 12.5 Å². The average Bonchev–Trinajstić information content (AvgIpc) is 2.38. The Morgan fingerprint density at radius 3 is 2.63 bits per heavy atom. The van der Waals surface area contributed by atoms with E-state index in [1.807, 2.05) is 32.0 Å². The van der Waals surface area contributed by atoms with E-state index in [0.29, 0.717) is 19.8 Å². The molecule has 0 saturated carbocycles. The van der Waals surface area contributed by atoms with Gasteiger partial charge in [-0.3, -0.25) is 4.79 Å². The summed E-state index contributed by atoms with van der Waals surface area (Å²) in [4.78, 5) is 12.1. The van der Waals surface area contributed by atoms with E-state index in [9.17, 15) is 4.79 Å². The van der Waals surface area contributed by atoms with Crippen molar-refractivity contribution in [3.63, 3.8) is 0 Å². The smallest absolute Gasteiger partial charge is 0.228 e. The van der Waals surface area contributed by atoms with Gasteiger partial charge in [0, 0.05) is 13.2 Å². The van der Waals surface area contributed by atoms with Crippen LogP contribution in [0.15, 0.2) is 24.3 Å². The number of carbonyl (C=O) groups excluding carboxylic acids is 1. The second-order valence-electron chi connectivity index (χ2n) is 4.54. The van der Waals surface area contributed by atoms with E-state index in [-0.39, 0.29) is 18.1 Å². The molecule has 19 heavy (non-hydrogen) atoms. The molecule has 2 rings (SSSR count). The van der Waals surface area contributed by atoms with Crippen LogP contribution in [0.1, 0.15) is 30.9 Å². The molecule has 0 spiro atoms. The molecule has 0 fully saturated rings. The molecular formula is C15H21NO3. The van der Waals surface area contributed by atoms with Crippen molar-refractivity contribution in [1.29, 1.82) is 0 Å². The minimum atomic E-state index is -0.353. The van der Waals surface area contributed by atoms with Gasteiger partial charge in [-0.2, -0.15) is 0 Å². The van der Waals surface area contributed by atoms with Crippen LogP contribution in [0, 0.1) is 0 Å². The van der Waals surface area contributed by atoms with Crippen LogP contribution in [0.5, 0.6) is 0 Å². The first-order chi connectivity index (χ1) is 9.26. The molecular weight excluding hydrogens is 242 g/mol. The molecule has 4 heteroatoms.